The van der Waals surface area contributed by atoms with Crippen molar-refractivity contribution in [3.8, 4) is 5.75 Å². The predicted octanol–water partition coefficient (Wildman–Crippen LogP) is 4.41. The number of methoxy groups -OCH3 is 1. The van der Waals surface area contributed by atoms with Crippen LogP contribution in [0.2, 0.25) is 0 Å². The first kappa shape index (κ1) is 20.3. The highest BCUT2D eigenvalue weighted by atomic mass is 127. The quantitative estimate of drug-likeness (QED) is 0.399. The van der Waals surface area contributed by atoms with Crippen molar-refractivity contribution in [3.05, 3.63) is 59.7 Å². The molecule has 0 bridgehead atoms. The van der Waals surface area contributed by atoms with E-state index in [1.165, 1.54) is 5.56 Å². The second kappa shape index (κ2) is 10.2. The van der Waals surface area contributed by atoms with Gasteiger partial charge in [-0.3, -0.25) is 4.99 Å². The monoisotopic (exact) mass is 439 g/mol. The summed E-state index contributed by atoms with van der Waals surface area (Å²) in [6.07, 6.45) is 1.03. The second-order valence-electron chi connectivity index (χ2n) is 5.54. The van der Waals surface area contributed by atoms with E-state index in [9.17, 15) is 0 Å². The van der Waals surface area contributed by atoms with Crippen molar-refractivity contribution >= 4 is 35.6 Å². The molecule has 24 heavy (non-hydrogen) atoms. The molecule has 2 aromatic rings. The summed E-state index contributed by atoms with van der Waals surface area (Å²) < 4.78 is 5.40. The van der Waals surface area contributed by atoms with Gasteiger partial charge in [0.1, 0.15) is 5.75 Å². The van der Waals surface area contributed by atoms with Crippen LogP contribution in [0.5, 0.6) is 5.75 Å². The zero-order chi connectivity index (χ0) is 16.7. The van der Waals surface area contributed by atoms with Crippen LogP contribution >= 0.6 is 24.0 Å². The highest BCUT2D eigenvalue weighted by molar-refractivity contribution is 14.0. The summed E-state index contributed by atoms with van der Waals surface area (Å²) in [5, 5.41) is 3.13. The molecule has 5 heteroatoms. The van der Waals surface area contributed by atoms with Gasteiger partial charge in [0.25, 0.3) is 0 Å². The number of nitrogens with one attached hydrogen (secondary N) is 1. The van der Waals surface area contributed by atoms with Gasteiger partial charge in [-0.25, -0.2) is 0 Å². The van der Waals surface area contributed by atoms with Crippen LogP contribution in [0, 0.1) is 0 Å². The average Bonchev–Trinajstić information content (AvgIpc) is 2.60. The van der Waals surface area contributed by atoms with Gasteiger partial charge in [-0.15, -0.1) is 24.0 Å². The minimum Gasteiger partial charge on any atom is -0.496 e. The molecule has 1 unspecified atom stereocenters. The molecule has 4 nitrogen and oxygen atoms in total. The molecular formula is C19H26IN3O. The van der Waals surface area contributed by atoms with Gasteiger partial charge >= 0.3 is 0 Å². The van der Waals surface area contributed by atoms with Crippen LogP contribution < -0.4 is 15.8 Å². The van der Waals surface area contributed by atoms with Crippen molar-refractivity contribution in [3.63, 3.8) is 0 Å². The van der Waals surface area contributed by atoms with Crippen molar-refractivity contribution in [2.75, 3.05) is 19.0 Å². The third-order valence-electron chi connectivity index (χ3n) is 3.84. The molecule has 0 radical (unpaired) electrons. The third-order valence-corrected chi connectivity index (χ3v) is 3.84. The number of nitrogens with zero attached hydrogens (tertiary/aromatic N) is 1. The average molecular weight is 439 g/mol. The fourth-order valence-corrected chi connectivity index (χ4v) is 2.42. The van der Waals surface area contributed by atoms with E-state index in [1.807, 2.05) is 30.3 Å². The zero-order valence-electron chi connectivity index (χ0n) is 14.5. The lowest BCUT2D eigenvalue weighted by molar-refractivity contribution is 0.407. The van der Waals surface area contributed by atoms with E-state index in [2.05, 4.69) is 42.4 Å². The van der Waals surface area contributed by atoms with Crippen molar-refractivity contribution in [2.45, 2.75) is 26.2 Å². The van der Waals surface area contributed by atoms with Crippen LogP contribution in [0.4, 0.5) is 5.69 Å². The van der Waals surface area contributed by atoms with Crippen molar-refractivity contribution in [1.29, 1.82) is 0 Å². The predicted molar refractivity (Wildman–Crippen MR) is 113 cm³/mol. The fourth-order valence-electron chi connectivity index (χ4n) is 2.42. The molecule has 0 amide bonds. The first-order valence-electron chi connectivity index (χ1n) is 7.92. The number of rotatable bonds is 6. The SMILES string of the molecule is CCc1ccc(NC(N)=NCC(C)c2ccccc2OC)cc1.I. The number of aryl methyl sites for hydroxylation is 1. The molecule has 0 aromatic heterocycles. The Kier molecular flexibility index (Phi) is 8.60. The molecule has 1 atom stereocenters. The Balaban J connectivity index is 0.00000288. The normalized spacial score (nSPS) is 12.2. The summed E-state index contributed by atoms with van der Waals surface area (Å²) in [7, 11) is 1.69. The Bertz CT molecular complexity index is 656. The Morgan fingerprint density at radius 3 is 2.46 bits per heavy atom. The van der Waals surface area contributed by atoms with Gasteiger partial charge in [-0.1, -0.05) is 44.2 Å². The van der Waals surface area contributed by atoms with Gasteiger partial charge < -0.3 is 15.8 Å². The van der Waals surface area contributed by atoms with Gasteiger partial charge in [0.2, 0.25) is 0 Å². The fraction of sp³-hybridized carbons (Fsp3) is 0.316. The van der Waals surface area contributed by atoms with E-state index in [1.54, 1.807) is 7.11 Å². The molecule has 0 aliphatic heterocycles. The van der Waals surface area contributed by atoms with Crippen LogP contribution in [0.1, 0.15) is 30.9 Å². The molecule has 0 fully saturated rings. The topological polar surface area (TPSA) is 59.6 Å². The van der Waals surface area contributed by atoms with Gasteiger partial charge in [-0.2, -0.15) is 0 Å². The van der Waals surface area contributed by atoms with Crippen molar-refractivity contribution in [2.24, 2.45) is 10.7 Å². The molecule has 0 aliphatic carbocycles. The number of anilines is 1. The van der Waals surface area contributed by atoms with E-state index in [0.29, 0.717) is 12.5 Å². The Morgan fingerprint density at radius 2 is 1.83 bits per heavy atom. The molecule has 0 heterocycles. The number of benzene rings is 2. The lowest BCUT2D eigenvalue weighted by Gasteiger charge is -2.14. The number of guanidine groups is 1. The maximum Gasteiger partial charge on any atom is 0.193 e. The zero-order valence-corrected chi connectivity index (χ0v) is 16.8. The van der Waals surface area contributed by atoms with Crippen LogP contribution in [0.25, 0.3) is 0 Å². The largest absolute Gasteiger partial charge is 0.496 e. The summed E-state index contributed by atoms with van der Waals surface area (Å²) >= 11 is 0. The molecular weight excluding hydrogens is 413 g/mol. The molecule has 0 saturated carbocycles. The molecule has 130 valence electrons. The Hall–Kier alpha value is -1.76. The van der Waals surface area contributed by atoms with Gasteiger partial charge in [0.15, 0.2) is 5.96 Å². The number of nitrogens with two attached hydrogens (primary N) is 1. The van der Waals surface area contributed by atoms with Gasteiger partial charge in [0.05, 0.1) is 7.11 Å². The van der Waals surface area contributed by atoms with Crippen LogP contribution in [-0.4, -0.2) is 19.6 Å². The smallest absolute Gasteiger partial charge is 0.193 e. The number of halogens is 1. The lowest BCUT2D eigenvalue weighted by Crippen LogP contribution is -2.23. The number of ether oxygens (including phenoxy) is 1. The molecule has 0 spiro atoms. The maximum atomic E-state index is 5.98. The minimum atomic E-state index is 0. The second-order valence-corrected chi connectivity index (χ2v) is 5.54. The summed E-state index contributed by atoms with van der Waals surface area (Å²) in [6.45, 7) is 4.86. The highest BCUT2D eigenvalue weighted by Gasteiger charge is 2.10. The number of hydrogen-bond donors (Lipinski definition) is 2. The highest BCUT2D eigenvalue weighted by Crippen LogP contribution is 2.26. The van der Waals surface area contributed by atoms with Crippen molar-refractivity contribution in [1.82, 2.24) is 0 Å². The molecule has 0 aliphatic rings. The van der Waals surface area contributed by atoms with Gasteiger partial charge in [-0.05, 0) is 35.7 Å². The number of hydrogen-bond acceptors (Lipinski definition) is 2. The number of para-hydroxylation sites is 1. The third kappa shape index (κ3) is 5.70. The maximum absolute atomic E-state index is 5.98. The summed E-state index contributed by atoms with van der Waals surface area (Å²) in [5.41, 5.74) is 9.37. The van der Waals surface area contributed by atoms with Crippen molar-refractivity contribution < 1.29 is 4.74 Å². The first-order chi connectivity index (χ1) is 11.1. The number of aliphatic imine (C=N–C) groups is 1. The summed E-state index contributed by atoms with van der Waals surface area (Å²) in [6, 6.07) is 16.2. The minimum absolute atomic E-state index is 0. The summed E-state index contributed by atoms with van der Waals surface area (Å²) in [5.74, 6) is 1.54. The molecule has 0 saturated heterocycles. The van der Waals surface area contributed by atoms with E-state index < -0.39 is 0 Å². The molecule has 2 aromatic carbocycles. The molecule has 2 rings (SSSR count). The molecule has 3 N–H and O–H groups in total. The van der Waals surface area contributed by atoms with E-state index in [-0.39, 0.29) is 29.9 Å². The van der Waals surface area contributed by atoms with Crippen LogP contribution in [0.3, 0.4) is 0 Å². The van der Waals surface area contributed by atoms with E-state index in [0.717, 1.165) is 23.4 Å². The lowest BCUT2D eigenvalue weighted by atomic mass is 10.0. The first-order valence-corrected chi connectivity index (χ1v) is 7.92. The Morgan fingerprint density at radius 1 is 1.17 bits per heavy atom. The van der Waals surface area contributed by atoms with E-state index in [4.69, 9.17) is 10.5 Å². The Labute approximate surface area is 161 Å². The van der Waals surface area contributed by atoms with Crippen LogP contribution in [0.15, 0.2) is 53.5 Å². The van der Waals surface area contributed by atoms with E-state index >= 15 is 0 Å². The van der Waals surface area contributed by atoms with Crippen LogP contribution in [-0.2, 0) is 6.42 Å². The summed E-state index contributed by atoms with van der Waals surface area (Å²) in [4.78, 5) is 4.44. The van der Waals surface area contributed by atoms with Gasteiger partial charge in [0, 0.05) is 18.2 Å². The standard InChI is InChI=1S/C19H25N3O.HI/c1-4-15-9-11-16(12-10-15)22-19(20)21-13-14(2)17-7-5-6-8-18(17)23-3;/h5-12,14H,4,13H2,1-3H3,(H3,20,21,22);1H.